The predicted molar refractivity (Wildman–Crippen MR) is 88.4 cm³/mol. The molecule has 10 nitrogen and oxygen atoms in total. The molecule has 1 aliphatic rings. The number of nitrogens with zero attached hydrogens (tertiary/aromatic N) is 7. The van der Waals surface area contributed by atoms with E-state index in [1.54, 1.807) is 17.0 Å². The molecule has 0 spiro atoms. The monoisotopic (exact) mass is 357 g/mol. The van der Waals surface area contributed by atoms with Crippen molar-refractivity contribution in [2.24, 2.45) is 0 Å². The number of carbonyl (C=O) groups is 1. The van der Waals surface area contributed by atoms with Gasteiger partial charge in [0.25, 0.3) is 5.91 Å². The summed E-state index contributed by atoms with van der Waals surface area (Å²) in [5.41, 5.74) is 0.612. The zero-order valence-electron chi connectivity index (χ0n) is 14.6. The zero-order valence-corrected chi connectivity index (χ0v) is 14.6. The summed E-state index contributed by atoms with van der Waals surface area (Å²) in [7, 11) is 0. The molecular formula is C16H19N7O3. The number of ether oxygens (including phenoxy) is 1. The van der Waals surface area contributed by atoms with Gasteiger partial charge in [0.1, 0.15) is 12.4 Å². The number of rotatable bonds is 5. The van der Waals surface area contributed by atoms with Crippen molar-refractivity contribution in [2.45, 2.75) is 38.6 Å². The fourth-order valence-electron chi connectivity index (χ4n) is 2.95. The third-order valence-electron chi connectivity index (χ3n) is 4.31. The molecule has 3 aromatic rings. The molecule has 4 rings (SSSR count). The molecule has 1 saturated heterocycles. The van der Waals surface area contributed by atoms with Gasteiger partial charge in [0.15, 0.2) is 18.1 Å². The first kappa shape index (κ1) is 16.4. The van der Waals surface area contributed by atoms with Gasteiger partial charge in [-0.25, -0.2) is 0 Å². The van der Waals surface area contributed by atoms with E-state index in [0.29, 0.717) is 29.8 Å². The van der Waals surface area contributed by atoms with Crippen LogP contribution in [0.2, 0.25) is 0 Å². The fraction of sp³-hybridized carbons (Fsp3) is 0.500. The van der Waals surface area contributed by atoms with Crippen molar-refractivity contribution in [2.75, 3.05) is 13.2 Å². The quantitative estimate of drug-likeness (QED) is 0.673. The van der Waals surface area contributed by atoms with E-state index in [1.807, 2.05) is 13.8 Å². The first-order chi connectivity index (χ1) is 12.6. The second-order valence-corrected chi connectivity index (χ2v) is 6.48. The van der Waals surface area contributed by atoms with Gasteiger partial charge in [0.05, 0.1) is 0 Å². The highest BCUT2D eigenvalue weighted by atomic mass is 16.5. The van der Waals surface area contributed by atoms with Crippen LogP contribution in [0.25, 0.3) is 5.65 Å². The van der Waals surface area contributed by atoms with E-state index >= 15 is 0 Å². The Bertz CT molecular complexity index is 919. The molecule has 136 valence electrons. The highest BCUT2D eigenvalue weighted by Gasteiger charge is 2.34. The van der Waals surface area contributed by atoms with E-state index in [1.165, 1.54) is 10.8 Å². The van der Waals surface area contributed by atoms with Crippen LogP contribution in [-0.4, -0.2) is 53.9 Å². The van der Waals surface area contributed by atoms with Crippen molar-refractivity contribution in [3.63, 3.8) is 0 Å². The summed E-state index contributed by atoms with van der Waals surface area (Å²) in [5.74, 6) is 1.52. The number of fused-ring (bicyclic) bond motifs is 1. The smallest absolute Gasteiger partial charge is 0.261 e. The van der Waals surface area contributed by atoms with Crippen LogP contribution < -0.4 is 4.74 Å². The van der Waals surface area contributed by atoms with Gasteiger partial charge in [-0.05, 0) is 18.9 Å². The summed E-state index contributed by atoms with van der Waals surface area (Å²) in [6, 6.07) is 3.19. The Labute approximate surface area is 149 Å². The van der Waals surface area contributed by atoms with E-state index < -0.39 is 0 Å². The Morgan fingerprint density at radius 3 is 3.12 bits per heavy atom. The maximum atomic E-state index is 12.6. The van der Waals surface area contributed by atoms with Gasteiger partial charge in [-0.3, -0.25) is 4.79 Å². The van der Waals surface area contributed by atoms with Crippen LogP contribution in [0.3, 0.4) is 0 Å². The largest absolute Gasteiger partial charge is 0.467 e. The Morgan fingerprint density at radius 2 is 2.31 bits per heavy atom. The average Bonchev–Trinajstić information content (AvgIpc) is 3.38. The van der Waals surface area contributed by atoms with Crippen molar-refractivity contribution in [1.82, 2.24) is 34.9 Å². The van der Waals surface area contributed by atoms with E-state index in [4.69, 9.17) is 9.26 Å². The number of amides is 1. The summed E-state index contributed by atoms with van der Waals surface area (Å²) >= 11 is 0. The standard InChI is InChI=1S/C16H19N7O3/c1-10(2)15-18-16(26-21-15)11-4-3-7-22(11)14(24)8-25-13-6-5-12-19-17-9-23(12)20-13/h5-6,9-11H,3-4,7-8H2,1-2H3. The molecule has 26 heavy (non-hydrogen) atoms. The number of hydrogen-bond acceptors (Lipinski definition) is 8. The van der Waals surface area contributed by atoms with Crippen molar-refractivity contribution in [1.29, 1.82) is 0 Å². The van der Waals surface area contributed by atoms with Crippen molar-refractivity contribution < 1.29 is 14.1 Å². The van der Waals surface area contributed by atoms with Crippen LogP contribution in [-0.2, 0) is 4.79 Å². The van der Waals surface area contributed by atoms with Gasteiger partial charge in [-0.1, -0.05) is 19.0 Å². The summed E-state index contributed by atoms with van der Waals surface area (Å²) < 4.78 is 12.4. The summed E-state index contributed by atoms with van der Waals surface area (Å²) in [4.78, 5) is 18.8. The highest BCUT2D eigenvalue weighted by Crippen LogP contribution is 2.31. The minimum absolute atomic E-state index is 0.109. The Morgan fingerprint density at radius 1 is 1.42 bits per heavy atom. The van der Waals surface area contributed by atoms with Crippen LogP contribution in [0.15, 0.2) is 23.0 Å². The summed E-state index contributed by atoms with van der Waals surface area (Å²) in [5, 5.41) is 15.8. The highest BCUT2D eigenvalue weighted by molar-refractivity contribution is 5.78. The molecule has 0 N–H and O–H groups in total. The Hall–Kier alpha value is -3.04. The number of hydrogen-bond donors (Lipinski definition) is 0. The SMILES string of the molecule is CC(C)c1noc(C2CCCN2C(=O)COc2ccc3nncn3n2)n1. The molecule has 1 atom stereocenters. The van der Waals surface area contributed by atoms with Gasteiger partial charge < -0.3 is 14.2 Å². The molecule has 0 aliphatic carbocycles. The van der Waals surface area contributed by atoms with E-state index in [0.717, 1.165) is 12.8 Å². The average molecular weight is 357 g/mol. The van der Waals surface area contributed by atoms with E-state index in [2.05, 4.69) is 25.4 Å². The molecule has 3 aromatic heterocycles. The lowest BCUT2D eigenvalue weighted by Crippen LogP contribution is -2.34. The number of aromatic nitrogens is 6. The minimum atomic E-state index is -0.195. The summed E-state index contributed by atoms with van der Waals surface area (Å²) in [6.45, 7) is 4.53. The molecule has 0 bridgehead atoms. The molecule has 1 fully saturated rings. The van der Waals surface area contributed by atoms with Crippen LogP contribution in [0.5, 0.6) is 5.88 Å². The number of carbonyl (C=O) groups excluding carboxylic acids is 1. The molecule has 10 heteroatoms. The summed E-state index contributed by atoms with van der Waals surface area (Å²) in [6.07, 6.45) is 3.17. The van der Waals surface area contributed by atoms with E-state index in [-0.39, 0.29) is 24.5 Å². The first-order valence-electron chi connectivity index (χ1n) is 8.54. The number of likely N-dealkylation sites (tertiary alicyclic amines) is 1. The lowest BCUT2D eigenvalue weighted by Gasteiger charge is -2.21. The molecule has 0 aromatic carbocycles. The van der Waals surface area contributed by atoms with Gasteiger partial charge in [-0.2, -0.15) is 9.50 Å². The molecule has 0 saturated carbocycles. The van der Waals surface area contributed by atoms with Gasteiger partial charge in [0, 0.05) is 18.5 Å². The van der Waals surface area contributed by atoms with Crippen molar-refractivity contribution >= 4 is 11.6 Å². The lowest BCUT2D eigenvalue weighted by molar-refractivity contribution is -0.134. The molecule has 1 unspecified atom stereocenters. The molecule has 4 heterocycles. The maximum absolute atomic E-state index is 12.6. The van der Waals surface area contributed by atoms with Crippen LogP contribution in [0.4, 0.5) is 0 Å². The predicted octanol–water partition coefficient (Wildman–Crippen LogP) is 1.37. The van der Waals surface area contributed by atoms with E-state index in [9.17, 15) is 4.79 Å². The zero-order chi connectivity index (χ0) is 18.1. The van der Waals surface area contributed by atoms with Crippen molar-refractivity contribution in [3.05, 3.63) is 30.2 Å². The second kappa shape index (κ2) is 6.70. The third-order valence-corrected chi connectivity index (χ3v) is 4.31. The minimum Gasteiger partial charge on any atom is -0.467 e. The van der Waals surface area contributed by atoms with Gasteiger partial charge in [0.2, 0.25) is 11.8 Å². The molecule has 1 amide bonds. The Kier molecular flexibility index (Phi) is 4.23. The first-order valence-corrected chi connectivity index (χ1v) is 8.54. The lowest BCUT2D eigenvalue weighted by atomic mass is 10.2. The normalized spacial score (nSPS) is 17.3. The molecule has 1 aliphatic heterocycles. The van der Waals surface area contributed by atoms with Crippen LogP contribution >= 0.6 is 0 Å². The third kappa shape index (κ3) is 3.09. The second-order valence-electron chi connectivity index (χ2n) is 6.48. The maximum Gasteiger partial charge on any atom is 0.261 e. The topological polar surface area (TPSA) is 112 Å². The van der Waals surface area contributed by atoms with Crippen LogP contribution in [0, 0.1) is 0 Å². The molecular weight excluding hydrogens is 338 g/mol. The molecule has 0 radical (unpaired) electrons. The van der Waals surface area contributed by atoms with Crippen molar-refractivity contribution in [3.8, 4) is 5.88 Å². The Balaban J connectivity index is 1.42. The van der Waals surface area contributed by atoms with Gasteiger partial charge >= 0.3 is 0 Å². The van der Waals surface area contributed by atoms with Gasteiger partial charge in [-0.15, -0.1) is 15.3 Å². The van der Waals surface area contributed by atoms with Crippen LogP contribution in [0.1, 0.15) is 50.4 Å². The fourth-order valence-corrected chi connectivity index (χ4v) is 2.95.